The lowest BCUT2D eigenvalue weighted by molar-refractivity contribution is 0.0970. The third-order valence-corrected chi connectivity index (χ3v) is 4.94. The van der Waals surface area contributed by atoms with E-state index in [0.29, 0.717) is 16.6 Å². The van der Waals surface area contributed by atoms with E-state index in [-0.39, 0.29) is 23.3 Å². The molecule has 0 unspecified atom stereocenters. The Morgan fingerprint density at radius 2 is 1.69 bits per heavy atom. The highest BCUT2D eigenvalue weighted by molar-refractivity contribution is 5.96. The van der Waals surface area contributed by atoms with Crippen LogP contribution in [0, 0.1) is 0 Å². The van der Waals surface area contributed by atoms with Crippen molar-refractivity contribution in [2.75, 3.05) is 0 Å². The third-order valence-electron chi connectivity index (χ3n) is 4.94. The minimum atomic E-state index is -0.281. The van der Waals surface area contributed by atoms with Crippen LogP contribution in [0.2, 0.25) is 0 Å². The van der Waals surface area contributed by atoms with Crippen molar-refractivity contribution in [1.29, 1.82) is 0 Å². The number of hydrogen-bond donors (Lipinski definition) is 0. The predicted octanol–water partition coefficient (Wildman–Crippen LogP) is 3.76. The van der Waals surface area contributed by atoms with Gasteiger partial charge in [0, 0.05) is 5.56 Å². The average molecular weight is 386 g/mol. The monoisotopic (exact) mass is 386 g/mol. The number of hydrogen-bond acceptors (Lipinski definition) is 4. The quantitative estimate of drug-likeness (QED) is 0.501. The molecule has 29 heavy (non-hydrogen) atoms. The summed E-state index contributed by atoms with van der Waals surface area (Å²) in [5.41, 5.74) is 2.76. The molecule has 0 aliphatic carbocycles. The molecule has 6 heteroatoms. The van der Waals surface area contributed by atoms with Gasteiger partial charge in [-0.25, -0.2) is 9.67 Å². The summed E-state index contributed by atoms with van der Waals surface area (Å²) in [5, 5.41) is 4.68. The summed E-state index contributed by atoms with van der Waals surface area (Å²) >= 11 is 0. The molecule has 0 amide bonds. The van der Waals surface area contributed by atoms with E-state index in [2.05, 4.69) is 30.9 Å². The number of aromatic nitrogens is 4. The molecular formula is C23H22N4O2. The van der Waals surface area contributed by atoms with Crippen LogP contribution >= 0.6 is 0 Å². The maximum Gasteiger partial charge on any atom is 0.264 e. The summed E-state index contributed by atoms with van der Waals surface area (Å²) in [4.78, 5) is 29.9. The van der Waals surface area contributed by atoms with Gasteiger partial charge >= 0.3 is 0 Å². The van der Waals surface area contributed by atoms with Crippen LogP contribution in [0.15, 0.2) is 71.9 Å². The van der Waals surface area contributed by atoms with E-state index in [1.807, 2.05) is 54.6 Å². The van der Waals surface area contributed by atoms with E-state index in [9.17, 15) is 9.59 Å². The molecule has 0 N–H and O–H groups in total. The summed E-state index contributed by atoms with van der Waals surface area (Å²) < 4.78 is 2.95. The maximum absolute atomic E-state index is 12.8. The standard InChI is InChI=1S/C23H22N4O2/c1-23(2,3)17-11-9-16(10-12-17)20(28)14-26-15-24-21-19(22(26)29)13-25-27(21)18-7-5-4-6-8-18/h4-13,15H,14H2,1-3H3. The molecule has 6 nitrogen and oxygen atoms in total. The van der Waals surface area contributed by atoms with Crippen molar-refractivity contribution in [3.63, 3.8) is 0 Å². The molecule has 0 fully saturated rings. The smallest absolute Gasteiger partial charge is 0.264 e. The molecule has 4 aromatic rings. The largest absolute Gasteiger partial charge is 0.292 e. The molecule has 146 valence electrons. The van der Waals surface area contributed by atoms with Crippen molar-refractivity contribution >= 4 is 16.8 Å². The van der Waals surface area contributed by atoms with Gasteiger partial charge in [-0.3, -0.25) is 14.2 Å². The lowest BCUT2D eigenvalue weighted by atomic mass is 9.86. The highest BCUT2D eigenvalue weighted by Crippen LogP contribution is 2.22. The minimum Gasteiger partial charge on any atom is -0.292 e. The molecule has 0 saturated carbocycles. The van der Waals surface area contributed by atoms with Gasteiger partial charge < -0.3 is 0 Å². The number of ketones is 1. The topological polar surface area (TPSA) is 69.8 Å². The number of fused-ring (bicyclic) bond motifs is 1. The summed E-state index contributed by atoms with van der Waals surface area (Å²) in [7, 11) is 0. The van der Waals surface area contributed by atoms with Crippen LogP contribution in [0.25, 0.3) is 16.7 Å². The van der Waals surface area contributed by atoms with Crippen molar-refractivity contribution in [1.82, 2.24) is 19.3 Å². The fourth-order valence-corrected chi connectivity index (χ4v) is 3.22. The Bertz CT molecular complexity index is 1230. The number of Topliss-reactive ketones (excluding diaryl/α,β-unsaturated/α-hetero) is 1. The van der Waals surface area contributed by atoms with Gasteiger partial charge in [0.2, 0.25) is 0 Å². The number of para-hydroxylation sites is 1. The van der Waals surface area contributed by atoms with Crippen molar-refractivity contribution in [3.05, 3.63) is 88.6 Å². The molecule has 0 saturated heterocycles. The van der Waals surface area contributed by atoms with Crippen molar-refractivity contribution in [2.24, 2.45) is 0 Å². The Labute approximate surface area is 168 Å². The molecule has 2 aromatic carbocycles. The van der Waals surface area contributed by atoms with Crippen molar-refractivity contribution in [3.8, 4) is 5.69 Å². The highest BCUT2D eigenvalue weighted by atomic mass is 16.1. The SMILES string of the molecule is CC(C)(C)c1ccc(C(=O)Cn2cnc3c(cnn3-c3ccccc3)c2=O)cc1. The summed E-state index contributed by atoms with van der Waals surface area (Å²) in [5.74, 6) is -0.135. The number of carbonyl (C=O) groups excluding carboxylic acids is 1. The predicted molar refractivity (Wildman–Crippen MR) is 113 cm³/mol. The number of rotatable bonds is 4. The lowest BCUT2D eigenvalue weighted by Crippen LogP contribution is -2.24. The van der Waals surface area contributed by atoms with Gasteiger partial charge in [-0.2, -0.15) is 5.10 Å². The first-order valence-corrected chi connectivity index (χ1v) is 9.47. The maximum atomic E-state index is 12.8. The fourth-order valence-electron chi connectivity index (χ4n) is 3.22. The molecular weight excluding hydrogens is 364 g/mol. The Morgan fingerprint density at radius 3 is 2.34 bits per heavy atom. The first kappa shape index (κ1) is 18.8. The molecule has 0 aliphatic heterocycles. The van der Waals surface area contributed by atoms with Gasteiger partial charge in [-0.15, -0.1) is 0 Å². The second-order valence-corrected chi connectivity index (χ2v) is 8.06. The number of nitrogens with zero attached hydrogens (tertiary/aromatic N) is 4. The van der Waals surface area contributed by atoms with Gasteiger partial charge in [-0.1, -0.05) is 63.2 Å². The Balaban J connectivity index is 1.63. The molecule has 4 rings (SSSR count). The zero-order valence-electron chi connectivity index (χ0n) is 16.7. The van der Waals surface area contributed by atoms with Gasteiger partial charge in [-0.05, 0) is 23.1 Å². The highest BCUT2D eigenvalue weighted by Gasteiger charge is 2.16. The van der Waals surface area contributed by atoms with E-state index in [1.165, 1.54) is 17.1 Å². The number of benzene rings is 2. The van der Waals surface area contributed by atoms with E-state index in [4.69, 9.17) is 0 Å². The molecule has 0 atom stereocenters. The second-order valence-electron chi connectivity index (χ2n) is 8.06. The Kier molecular flexibility index (Phi) is 4.62. The molecule has 0 radical (unpaired) electrons. The van der Waals surface area contributed by atoms with Crippen LogP contribution in [0.4, 0.5) is 0 Å². The summed E-state index contributed by atoms with van der Waals surface area (Å²) in [6, 6.07) is 17.0. The zero-order chi connectivity index (χ0) is 20.6. The molecule has 0 aliphatic rings. The van der Waals surface area contributed by atoms with Gasteiger partial charge in [0.15, 0.2) is 11.4 Å². The summed E-state index contributed by atoms with van der Waals surface area (Å²) in [6.45, 7) is 6.31. The van der Waals surface area contributed by atoms with Crippen LogP contribution in [0.3, 0.4) is 0 Å². The average Bonchev–Trinajstić information content (AvgIpc) is 3.15. The normalized spacial score (nSPS) is 11.7. The molecule has 0 bridgehead atoms. The number of carbonyl (C=O) groups is 1. The molecule has 2 heterocycles. The van der Waals surface area contributed by atoms with Crippen molar-refractivity contribution < 1.29 is 4.79 Å². The van der Waals surface area contributed by atoms with Crippen LogP contribution in [-0.4, -0.2) is 25.1 Å². The van der Waals surface area contributed by atoms with Crippen LogP contribution in [-0.2, 0) is 12.0 Å². The minimum absolute atomic E-state index is 0.0202. The van der Waals surface area contributed by atoms with Crippen LogP contribution in [0.1, 0.15) is 36.7 Å². The second kappa shape index (κ2) is 7.13. The Hall–Kier alpha value is -3.54. The summed E-state index contributed by atoms with van der Waals surface area (Å²) in [6.07, 6.45) is 2.91. The van der Waals surface area contributed by atoms with Gasteiger partial charge in [0.1, 0.15) is 11.7 Å². The van der Waals surface area contributed by atoms with E-state index >= 15 is 0 Å². The Morgan fingerprint density at radius 1 is 1.00 bits per heavy atom. The van der Waals surface area contributed by atoms with Crippen LogP contribution in [0.5, 0.6) is 0 Å². The molecule has 2 aromatic heterocycles. The van der Waals surface area contributed by atoms with Gasteiger partial charge in [0.25, 0.3) is 5.56 Å². The van der Waals surface area contributed by atoms with E-state index in [1.54, 1.807) is 4.68 Å². The van der Waals surface area contributed by atoms with Crippen molar-refractivity contribution in [2.45, 2.75) is 32.7 Å². The lowest BCUT2D eigenvalue weighted by Gasteiger charge is -2.19. The van der Waals surface area contributed by atoms with Gasteiger partial charge in [0.05, 0.1) is 18.4 Å². The van der Waals surface area contributed by atoms with Crippen LogP contribution < -0.4 is 5.56 Å². The zero-order valence-corrected chi connectivity index (χ0v) is 16.7. The van der Waals surface area contributed by atoms with E-state index in [0.717, 1.165) is 11.3 Å². The fraction of sp³-hybridized carbons (Fsp3) is 0.217. The van der Waals surface area contributed by atoms with E-state index < -0.39 is 0 Å². The first-order valence-electron chi connectivity index (χ1n) is 9.47. The third kappa shape index (κ3) is 3.61. The molecule has 0 spiro atoms. The first-order chi connectivity index (χ1) is 13.8.